The van der Waals surface area contributed by atoms with Crippen molar-refractivity contribution < 1.29 is 4.92 Å². The predicted octanol–water partition coefficient (Wildman–Crippen LogP) is 2.01. The summed E-state index contributed by atoms with van der Waals surface area (Å²) in [6.45, 7) is 1.14. The van der Waals surface area contributed by atoms with E-state index in [0.717, 1.165) is 6.42 Å². The van der Waals surface area contributed by atoms with Gasteiger partial charge in [0.1, 0.15) is 10.7 Å². The van der Waals surface area contributed by atoms with Crippen molar-refractivity contribution in [1.29, 1.82) is 0 Å². The van der Waals surface area contributed by atoms with Crippen LogP contribution in [0.3, 0.4) is 0 Å². The van der Waals surface area contributed by atoms with Gasteiger partial charge in [0.05, 0.1) is 4.92 Å². The monoisotopic (exact) mass is 229 g/mol. The molecule has 0 atom stereocenters. The molecule has 6 heteroatoms. The fourth-order valence-corrected chi connectivity index (χ4v) is 1.41. The van der Waals surface area contributed by atoms with Crippen LogP contribution in [0.2, 0.25) is 5.02 Å². The molecule has 3 N–H and O–H groups in total. The zero-order chi connectivity index (χ0) is 11.3. The zero-order valence-electron chi connectivity index (χ0n) is 8.07. The molecule has 82 valence electrons. The predicted molar refractivity (Wildman–Crippen MR) is 60.3 cm³/mol. The first-order valence-corrected chi connectivity index (χ1v) is 4.91. The Morgan fingerprint density at radius 2 is 2.27 bits per heavy atom. The second-order valence-electron chi connectivity index (χ2n) is 2.96. The molecule has 0 aliphatic carbocycles. The first-order valence-electron chi connectivity index (χ1n) is 4.53. The van der Waals surface area contributed by atoms with Gasteiger partial charge >= 0.3 is 5.69 Å². The molecule has 0 saturated heterocycles. The number of nitrogens with one attached hydrogen (secondary N) is 1. The molecule has 0 heterocycles. The molecular formula is C9H12ClN3O2. The summed E-state index contributed by atoms with van der Waals surface area (Å²) in [4.78, 5) is 10.2. The Morgan fingerprint density at radius 3 is 2.87 bits per heavy atom. The summed E-state index contributed by atoms with van der Waals surface area (Å²) in [5, 5.41) is 13.8. The normalized spacial score (nSPS) is 10.0. The van der Waals surface area contributed by atoms with E-state index in [4.69, 9.17) is 17.3 Å². The summed E-state index contributed by atoms with van der Waals surface area (Å²) < 4.78 is 0. The lowest BCUT2D eigenvalue weighted by atomic mass is 10.2. The highest BCUT2D eigenvalue weighted by molar-refractivity contribution is 6.33. The summed E-state index contributed by atoms with van der Waals surface area (Å²) in [7, 11) is 0. The van der Waals surface area contributed by atoms with Crippen LogP contribution in [0.25, 0.3) is 0 Å². The Kier molecular flexibility index (Phi) is 4.33. The molecule has 0 saturated carbocycles. The van der Waals surface area contributed by atoms with Gasteiger partial charge in [-0.2, -0.15) is 0 Å². The molecule has 0 fully saturated rings. The van der Waals surface area contributed by atoms with Crippen LogP contribution in [0, 0.1) is 10.1 Å². The summed E-state index contributed by atoms with van der Waals surface area (Å²) in [6, 6.07) is 4.79. The molecular weight excluding hydrogens is 218 g/mol. The van der Waals surface area contributed by atoms with Crippen molar-refractivity contribution in [2.45, 2.75) is 6.42 Å². The van der Waals surface area contributed by atoms with Gasteiger partial charge in [-0.3, -0.25) is 10.1 Å². The smallest absolute Gasteiger partial charge is 0.310 e. The van der Waals surface area contributed by atoms with Crippen molar-refractivity contribution in [1.82, 2.24) is 0 Å². The van der Waals surface area contributed by atoms with Crippen LogP contribution < -0.4 is 11.1 Å². The van der Waals surface area contributed by atoms with Gasteiger partial charge in [-0.15, -0.1) is 0 Å². The lowest BCUT2D eigenvalue weighted by molar-refractivity contribution is -0.383. The van der Waals surface area contributed by atoms with E-state index in [1.54, 1.807) is 12.1 Å². The van der Waals surface area contributed by atoms with Crippen molar-refractivity contribution in [2.75, 3.05) is 18.4 Å². The Balaban J connectivity index is 2.86. The molecule has 1 aromatic carbocycles. The quantitative estimate of drug-likeness (QED) is 0.460. The number of rotatable bonds is 5. The van der Waals surface area contributed by atoms with Crippen LogP contribution >= 0.6 is 11.6 Å². The molecule has 1 rings (SSSR count). The number of halogens is 1. The average molecular weight is 230 g/mol. The number of anilines is 1. The van der Waals surface area contributed by atoms with Crippen LogP contribution in [-0.2, 0) is 0 Å². The Morgan fingerprint density at radius 1 is 1.53 bits per heavy atom. The topological polar surface area (TPSA) is 81.2 Å². The van der Waals surface area contributed by atoms with Crippen molar-refractivity contribution in [2.24, 2.45) is 5.73 Å². The Bertz CT molecular complexity index is 357. The van der Waals surface area contributed by atoms with E-state index in [9.17, 15) is 10.1 Å². The minimum atomic E-state index is -0.493. The van der Waals surface area contributed by atoms with Crippen LogP contribution in [0.15, 0.2) is 18.2 Å². The van der Waals surface area contributed by atoms with Gasteiger partial charge in [-0.1, -0.05) is 17.7 Å². The molecule has 0 spiro atoms. The lowest BCUT2D eigenvalue weighted by Gasteiger charge is -2.06. The minimum absolute atomic E-state index is 0.0869. The number of nitrogens with zero attached hydrogens (tertiary/aromatic N) is 1. The van der Waals surface area contributed by atoms with Crippen molar-refractivity contribution >= 4 is 23.0 Å². The van der Waals surface area contributed by atoms with Crippen molar-refractivity contribution in [3.8, 4) is 0 Å². The minimum Gasteiger partial charge on any atom is -0.379 e. The fraction of sp³-hybridized carbons (Fsp3) is 0.333. The third-order valence-electron chi connectivity index (χ3n) is 1.87. The maximum absolute atomic E-state index is 10.7. The van der Waals surface area contributed by atoms with Crippen molar-refractivity contribution in [3.63, 3.8) is 0 Å². The van der Waals surface area contributed by atoms with E-state index in [0.29, 0.717) is 18.8 Å². The van der Waals surface area contributed by atoms with Gasteiger partial charge in [0.15, 0.2) is 0 Å². The van der Waals surface area contributed by atoms with Crippen LogP contribution in [0.4, 0.5) is 11.4 Å². The molecule has 1 aromatic rings. The third kappa shape index (κ3) is 3.07. The summed E-state index contributed by atoms with van der Waals surface area (Å²) in [5.74, 6) is 0. The van der Waals surface area contributed by atoms with E-state index < -0.39 is 4.92 Å². The van der Waals surface area contributed by atoms with Gasteiger partial charge in [-0.05, 0) is 25.1 Å². The highest BCUT2D eigenvalue weighted by atomic mass is 35.5. The lowest BCUT2D eigenvalue weighted by Crippen LogP contribution is -2.09. The average Bonchev–Trinajstić information content (AvgIpc) is 2.17. The highest BCUT2D eigenvalue weighted by Gasteiger charge is 2.17. The van der Waals surface area contributed by atoms with Gasteiger partial charge in [0, 0.05) is 6.54 Å². The molecule has 0 aromatic heterocycles. The number of benzene rings is 1. The van der Waals surface area contributed by atoms with Gasteiger partial charge < -0.3 is 11.1 Å². The molecule has 0 aliphatic rings. The Labute approximate surface area is 92.4 Å². The molecule has 0 unspecified atom stereocenters. The van der Waals surface area contributed by atoms with Gasteiger partial charge in [0.25, 0.3) is 0 Å². The van der Waals surface area contributed by atoms with E-state index in [-0.39, 0.29) is 10.7 Å². The molecule has 5 nitrogen and oxygen atoms in total. The Hall–Kier alpha value is -1.33. The molecule has 0 amide bonds. The number of hydrogen-bond donors (Lipinski definition) is 2. The number of para-hydroxylation sites is 1. The zero-order valence-corrected chi connectivity index (χ0v) is 8.83. The highest BCUT2D eigenvalue weighted by Crippen LogP contribution is 2.31. The van der Waals surface area contributed by atoms with Crippen molar-refractivity contribution in [3.05, 3.63) is 33.3 Å². The number of nitro groups is 1. The van der Waals surface area contributed by atoms with E-state index >= 15 is 0 Å². The van der Waals surface area contributed by atoms with Gasteiger partial charge in [0.2, 0.25) is 0 Å². The molecule has 0 aliphatic heterocycles. The first kappa shape index (κ1) is 11.7. The second kappa shape index (κ2) is 5.53. The van der Waals surface area contributed by atoms with Crippen LogP contribution in [0.1, 0.15) is 6.42 Å². The van der Waals surface area contributed by atoms with E-state index in [1.807, 2.05) is 0 Å². The second-order valence-corrected chi connectivity index (χ2v) is 3.37. The summed E-state index contributed by atoms with van der Waals surface area (Å²) in [6.07, 6.45) is 0.754. The molecule has 0 bridgehead atoms. The third-order valence-corrected chi connectivity index (χ3v) is 2.17. The maximum atomic E-state index is 10.7. The summed E-state index contributed by atoms with van der Waals surface area (Å²) >= 11 is 5.73. The standard InChI is InChI=1S/C9H12ClN3O2/c10-7-3-1-4-8(9(7)13(14)15)12-6-2-5-11/h1,3-4,12H,2,5-6,11H2. The SMILES string of the molecule is NCCCNc1cccc(Cl)c1[N+](=O)[O-]. The van der Waals surface area contributed by atoms with Crippen LogP contribution in [0.5, 0.6) is 0 Å². The molecule has 0 radical (unpaired) electrons. The van der Waals surface area contributed by atoms with E-state index in [2.05, 4.69) is 5.32 Å². The maximum Gasteiger partial charge on any atom is 0.310 e. The first-order chi connectivity index (χ1) is 7.16. The number of hydrogen-bond acceptors (Lipinski definition) is 4. The molecule has 15 heavy (non-hydrogen) atoms. The van der Waals surface area contributed by atoms with E-state index in [1.165, 1.54) is 6.07 Å². The largest absolute Gasteiger partial charge is 0.379 e. The fourth-order valence-electron chi connectivity index (χ4n) is 1.17. The number of nitro benzene ring substituents is 1. The summed E-state index contributed by atoms with van der Waals surface area (Å²) in [5.41, 5.74) is 5.67. The van der Waals surface area contributed by atoms with Crippen LogP contribution in [-0.4, -0.2) is 18.0 Å². The van der Waals surface area contributed by atoms with Gasteiger partial charge in [-0.25, -0.2) is 0 Å². The number of nitrogens with two attached hydrogens (primary N) is 1.